The molecule has 1 heterocycles. The van der Waals surface area contributed by atoms with Gasteiger partial charge in [-0.25, -0.2) is 8.42 Å². The van der Waals surface area contributed by atoms with Crippen molar-refractivity contribution in [2.45, 2.75) is 32.1 Å². The van der Waals surface area contributed by atoms with Crippen molar-refractivity contribution in [1.82, 2.24) is 10.2 Å². The third-order valence-corrected chi connectivity index (χ3v) is 5.48. The quantitative estimate of drug-likeness (QED) is 0.674. The minimum atomic E-state index is -3.07. The molecule has 1 unspecified atom stereocenters. The highest BCUT2D eigenvalue weighted by Crippen LogP contribution is 2.08. The minimum absolute atomic E-state index is 0.0839. The van der Waals surface area contributed by atoms with Crippen molar-refractivity contribution in [2.24, 2.45) is 0 Å². The van der Waals surface area contributed by atoms with Crippen molar-refractivity contribution in [3.63, 3.8) is 0 Å². The predicted molar refractivity (Wildman–Crippen MR) is 73.8 cm³/mol. The van der Waals surface area contributed by atoms with Crippen LogP contribution in [0.1, 0.15) is 20.8 Å². The SMILES string of the molecule is CCOC(=O)C1CNCCN1CCS(=O)(=O)C(C)C. The lowest BCUT2D eigenvalue weighted by Gasteiger charge is -2.34. The van der Waals surface area contributed by atoms with Crippen LogP contribution in [0.2, 0.25) is 0 Å². The van der Waals surface area contributed by atoms with E-state index < -0.39 is 9.84 Å². The zero-order valence-corrected chi connectivity index (χ0v) is 12.7. The van der Waals surface area contributed by atoms with E-state index in [9.17, 15) is 13.2 Å². The van der Waals surface area contributed by atoms with Crippen LogP contribution >= 0.6 is 0 Å². The summed E-state index contributed by atoms with van der Waals surface area (Å²) in [5.74, 6) is -0.197. The Balaban J connectivity index is 2.61. The molecular weight excluding hydrogens is 268 g/mol. The molecule has 1 rings (SSSR count). The summed E-state index contributed by atoms with van der Waals surface area (Å²) in [6.07, 6.45) is 0. The van der Waals surface area contributed by atoms with E-state index in [0.29, 0.717) is 26.2 Å². The Morgan fingerprint density at radius 2 is 2.16 bits per heavy atom. The molecule has 0 bridgehead atoms. The first-order valence-electron chi connectivity index (χ1n) is 6.71. The Kier molecular flexibility index (Phi) is 6.22. The zero-order valence-electron chi connectivity index (χ0n) is 11.9. The Hall–Kier alpha value is -0.660. The van der Waals surface area contributed by atoms with Gasteiger partial charge < -0.3 is 10.1 Å². The van der Waals surface area contributed by atoms with Crippen LogP contribution in [0.15, 0.2) is 0 Å². The molecule has 0 aromatic rings. The fourth-order valence-corrected chi connectivity index (χ4v) is 2.93. The second-order valence-corrected chi connectivity index (χ2v) is 7.60. The summed E-state index contributed by atoms with van der Waals surface area (Å²) in [7, 11) is -3.07. The molecule has 0 aromatic carbocycles. The standard InChI is InChI=1S/C12H24N2O4S/c1-4-18-12(15)11-9-13-5-6-14(11)7-8-19(16,17)10(2)3/h10-11,13H,4-9H2,1-3H3. The lowest BCUT2D eigenvalue weighted by atomic mass is 10.2. The molecule has 1 fully saturated rings. The number of esters is 1. The van der Waals surface area contributed by atoms with Crippen molar-refractivity contribution in [3.8, 4) is 0 Å². The molecule has 1 atom stereocenters. The molecule has 6 nitrogen and oxygen atoms in total. The van der Waals surface area contributed by atoms with Gasteiger partial charge in [-0.1, -0.05) is 0 Å². The monoisotopic (exact) mass is 292 g/mol. The van der Waals surface area contributed by atoms with Gasteiger partial charge in [0.15, 0.2) is 9.84 Å². The normalized spacial score (nSPS) is 21.6. The van der Waals surface area contributed by atoms with Crippen LogP contribution in [0.5, 0.6) is 0 Å². The van der Waals surface area contributed by atoms with Crippen molar-refractivity contribution in [2.75, 3.05) is 38.5 Å². The van der Waals surface area contributed by atoms with E-state index in [-0.39, 0.29) is 23.0 Å². The maximum atomic E-state index is 11.8. The number of carbonyl (C=O) groups is 1. The van der Waals surface area contributed by atoms with Gasteiger partial charge in [0.25, 0.3) is 0 Å². The molecule has 1 aliphatic heterocycles. The lowest BCUT2D eigenvalue weighted by molar-refractivity contribution is -0.150. The number of rotatable bonds is 6. The molecule has 7 heteroatoms. The second kappa shape index (κ2) is 7.21. The number of piperazine rings is 1. The summed E-state index contributed by atoms with van der Waals surface area (Å²) < 4.78 is 28.7. The third-order valence-electron chi connectivity index (χ3n) is 3.29. The average molecular weight is 292 g/mol. The Bertz CT molecular complexity index is 395. The molecule has 1 saturated heterocycles. The first kappa shape index (κ1) is 16.4. The minimum Gasteiger partial charge on any atom is -0.465 e. The van der Waals surface area contributed by atoms with E-state index in [1.165, 1.54) is 0 Å². The highest BCUT2D eigenvalue weighted by atomic mass is 32.2. The first-order chi connectivity index (χ1) is 8.88. The highest BCUT2D eigenvalue weighted by Gasteiger charge is 2.30. The molecule has 0 amide bonds. The van der Waals surface area contributed by atoms with Crippen molar-refractivity contribution < 1.29 is 17.9 Å². The van der Waals surface area contributed by atoms with Crippen LogP contribution in [-0.4, -0.2) is 69.1 Å². The molecule has 0 spiro atoms. The van der Waals surface area contributed by atoms with Crippen LogP contribution in [0.25, 0.3) is 0 Å². The van der Waals surface area contributed by atoms with E-state index in [0.717, 1.165) is 6.54 Å². The van der Waals surface area contributed by atoms with E-state index in [2.05, 4.69) is 5.32 Å². The smallest absolute Gasteiger partial charge is 0.324 e. The number of nitrogens with one attached hydrogen (secondary N) is 1. The van der Waals surface area contributed by atoms with Crippen molar-refractivity contribution in [1.29, 1.82) is 0 Å². The summed E-state index contributed by atoms with van der Waals surface area (Å²) >= 11 is 0. The Labute approximate surface area is 115 Å². The lowest BCUT2D eigenvalue weighted by Crippen LogP contribution is -2.56. The molecular formula is C12H24N2O4S. The second-order valence-electron chi connectivity index (χ2n) is 4.92. The van der Waals surface area contributed by atoms with E-state index in [4.69, 9.17) is 4.74 Å². The van der Waals surface area contributed by atoms with Gasteiger partial charge in [0.05, 0.1) is 17.6 Å². The van der Waals surface area contributed by atoms with Crippen molar-refractivity contribution >= 4 is 15.8 Å². The van der Waals surface area contributed by atoms with Gasteiger partial charge in [-0.3, -0.25) is 9.69 Å². The fraction of sp³-hybridized carbons (Fsp3) is 0.917. The molecule has 0 aromatic heterocycles. The number of hydrogen-bond donors (Lipinski definition) is 1. The number of sulfone groups is 1. The average Bonchev–Trinajstić information content (AvgIpc) is 2.37. The molecule has 0 radical (unpaired) electrons. The zero-order chi connectivity index (χ0) is 14.5. The van der Waals surface area contributed by atoms with Gasteiger partial charge >= 0.3 is 5.97 Å². The highest BCUT2D eigenvalue weighted by molar-refractivity contribution is 7.92. The van der Waals surface area contributed by atoms with Gasteiger partial charge in [-0.05, 0) is 20.8 Å². The summed E-state index contributed by atoms with van der Waals surface area (Å²) in [5, 5.41) is 2.75. The summed E-state index contributed by atoms with van der Waals surface area (Å²) in [5.41, 5.74) is 0. The van der Waals surface area contributed by atoms with Crippen LogP contribution in [-0.2, 0) is 19.4 Å². The number of ether oxygens (including phenoxy) is 1. The summed E-state index contributed by atoms with van der Waals surface area (Å²) in [4.78, 5) is 13.7. The topological polar surface area (TPSA) is 75.7 Å². The van der Waals surface area contributed by atoms with Gasteiger partial charge in [-0.15, -0.1) is 0 Å². The van der Waals surface area contributed by atoms with Gasteiger partial charge in [-0.2, -0.15) is 0 Å². The Morgan fingerprint density at radius 1 is 1.47 bits per heavy atom. The number of hydrogen-bond acceptors (Lipinski definition) is 6. The van der Waals surface area contributed by atoms with Crippen LogP contribution in [0.4, 0.5) is 0 Å². The molecule has 112 valence electrons. The van der Waals surface area contributed by atoms with E-state index in [1.54, 1.807) is 20.8 Å². The number of carbonyl (C=O) groups excluding carboxylic acids is 1. The van der Waals surface area contributed by atoms with Crippen LogP contribution < -0.4 is 5.32 Å². The Morgan fingerprint density at radius 3 is 2.74 bits per heavy atom. The molecule has 1 aliphatic rings. The van der Waals surface area contributed by atoms with Crippen molar-refractivity contribution in [3.05, 3.63) is 0 Å². The maximum absolute atomic E-state index is 11.8. The van der Waals surface area contributed by atoms with Gasteiger partial charge in [0.2, 0.25) is 0 Å². The van der Waals surface area contributed by atoms with Gasteiger partial charge in [0, 0.05) is 26.2 Å². The first-order valence-corrected chi connectivity index (χ1v) is 8.43. The van der Waals surface area contributed by atoms with E-state index in [1.807, 2.05) is 4.90 Å². The van der Waals surface area contributed by atoms with E-state index >= 15 is 0 Å². The summed E-state index contributed by atoms with van der Waals surface area (Å²) in [6, 6.07) is -0.379. The fourth-order valence-electron chi connectivity index (χ4n) is 1.97. The van der Waals surface area contributed by atoms with Crippen LogP contribution in [0, 0.1) is 0 Å². The molecule has 0 aliphatic carbocycles. The van der Waals surface area contributed by atoms with Crippen LogP contribution in [0.3, 0.4) is 0 Å². The third kappa shape index (κ3) is 4.74. The maximum Gasteiger partial charge on any atom is 0.324 e. The largest absolute Gasteiger partial charge is 0.465 e. The molecule has 0 saturated carbocycles. The molecule has 1 N–H and O–H groups in total. The predicted octanol–water partition coefficient (Wildman–Crippen LogP) is -0.353. The molecule has 19 heavy (non-hydrogen) atoms. The summed E-state index contributed by atoms with van der Waals surface area (Å²) in [6.45, 7) is 7.78. The number of nitrogens with zero attached hydrogens (tertiary/aromatic N) is 1. The van der Waals surface area contributed by atoms with Gasteiger partial charge in [0.1, 0.15) is 6.04 Å².